The first-order chi connectivity index (χ1) is 7.11. The second-order valence-corrected chi connectivity index (χ2v) is 3.43. The summed E-state index contributed by atoms with van der Waals surface area (Å²) in [6, 6.07) is 0. The van der Waals surface area contributed by atoms with Crippen molar-refractivity contribution in [1.82, 2.24) is 20.6 Å². The maximum Gasteiger partial charge on any atom is 0.276 e. The zero-order valence-corrected chi connectivity index (χ0v) is 8.88. The number of hydrogen-bond acceptors (Lipinski definition) is 5. The molecule has 0 aliphatic carbocycles. The first-order valence-corrected chi connectivity index (χ1v) is 4.71. The fourth-order valence-corrected chi connectivity index (χ4v) is 1.38. The topological polar surface area (TPSA) is 78.9 Å². The Morgan fingerprint density at radius 3 is 2.53 bits per heavy atom. The minimum Gasteiger partial charge on any atom is -0.336 e. The Kier molecular flexibility index (Phi) is 2.28. The second-order valence-electron chi connectivity index (χ2n) is 3.43. The summed E-state index contributed by atoms with van der Waals surface area (Å²) >= 11 is 0. The summed E-state index contributed by atoms with van der Waals surface area (Å²) in [5, 5.41) is 8.63. The first kappa shape index (κ1) is 9.85. The molecule has 15 heavy (non-hydrogen) atoms. The third-order valence-electron chi connectivity index (χ3n) is 2.37. The molecule has 0 aromatic carbocycles. The lowest BCUT2D eigenvalue weighted by atomic mass is 10.2. The molecule has 1 aromatic heterocycles. The highest BCUT2D eigenvalue weighted by molar-refractivity contribution is 5.98. The lowest BCUT2D eigenvalue weighted by Crippen LogP contribution is -2.53. The van der Waals surface area contributed by atoms with Crippen LogP contribution in [0.2, 0.25) is 0 Å². The minimum absolute atomic E-state index is 0.210. The van der Waals surface area contributed by atoms with Crippen molar-refractivity contribution in [1.29, 1.82) is 0 Å². The molecule has 2 heterocycles. The van der Waals surface area contributed by atoms with Crippen molar-refractivity contribution in [2.24, 2.45) is 0 Å². The van der Waals surface area contributed by atoms with Gasteiger partial charge >= 0.3 is 0 Å². The number of fused-ring (bicyclic) bond motifs is 1. The molecule has 1 aliphatic rings. The molecule has 1 amide bonds. The molecule has 0 spiro atoms. The highest BCUT2D eigenvalue weighted by Crippen LogP contribution is 2.16. The van der Waals surface area contributed by atoms with E-state index in [0.717, 1.165) is 11.4 Å². The average molecular weight is 207 g/mol. The molecule has 0 fully saturated rings. The monoisotopic (exact) mass is 207 g/mol. The summed E-state index contributed by atoms with van der Waals surface area (Å²) in [6.07, 6.45) is -0.290. The number of rotatable bonds is 1. The molecule has 1 aromatic rings. The third kappa shape index (κ3) is 1.63. The molecule has 0 saturated heterocycles. The molecule has 3 N–H and O–H groups in total. The number of aromatic nitrogens is 2. The molecule has 0 bridgehead atoms. The van der Waals surface area contributed by atoms with Gasteiger partial charge in [-0.05, 0) is 20.9 Å². The van der Waals surface area contributed by atoms with Crippen LogP contribution in [0, 0.1) is 13.8 Å². The quantitative estimate of drug-likeness (QED) is 0.592. The zero-order chi connectivity index (χ0) is 11.0. The summed E-state index contributed by atoms with van der Waals surface area (Å²) in [4.78, 5) is 20.1. The van der Waals surface area contributed by atoms with Gasteiger partial charge in [-0.15, -0.1) is 0 Å². The number of aryl methyl sites for hydroxylation is 2. The third-order valence-corrected chi connectivity index (χ3v) is 2.37. The van der Waals surface area contributed by atoms with Crippen molar-refractivity contribution in [2.45, 2.75) is 20.1 Å². The van der Waals surface area contributed by atoms with Gasteiger partial charge in [0.2, 0.25) is 0 Å². The van der Waals surface area contributed by atoms with E-state index in [1.54, 1.807) is 7.05 Å². The largest absolute Gasteiger partial charge is 0.336 e. The molecule has 2 rings (SSSR count). The number of amides is 1. The average Bonchev–Trinajstić information content (AvgIpc) is 2.21. The van der Waals surface area contributed by atoms with Crippen LogP contribution >= 0.6 is 0 Å². The van der Waals surface area contributed by atoms with E-state index >= 15 is 0 Å². The number of nitrogens with one attached hydrogen (secondary N) is 3. The van der Waals surface area contributed by atoms with Crippen LogP contribution in [0.4, 0.5) is 5.82 Å². The summed E-state index contributed by atoms with van der Waals surface area (Å²) in [5.74, 6) is 0.319. The molecule has 6 heteroatoms. The highest BCUT2D eigenvalue weighted by atomic mass is 16.2. The lowest BCUT2D eigenvalue weighted by molar-refractivity contribution is 0.0924. The smallest absolute Gasteiger partial charge is 0.276 e. The van der Waals surface area contributed by atoms with Gasteiger partial charge in [-0.25, -0.2) is 9.97 Å². The van der Waals surface area contributed by atoms with Crippen molar-refractivity contribution >= 4 is 11.7 Å². The standard InChI is InChI=1S/C9H13N5O/c1-4-5(2)12-7-6(11-4)8(15)14-9(10-3)13-7/h9-10H,1-3H3,(H,12,13)(H,14,15). The van der Waals surface area contributed by atoms with Crippen molar-refractivity contribution in [3.63, 3.8) is 0 Å². The van der Waals surface area contributed by atoms with E-state index in [1.807, 2.05) is 13.8 Å². The fourth-order valence-electron chi connectivity index (χ4n) is 1.38. The Bertz CT molecular complexity index is 417. The van der Waals surface area contributed by atoms with E-state index in [9.17, 15) is 4.79 Å². The second kappa shape index (κ2) is 3.47. The molecule has 80 valence electrons. The van der Waals surface area contributed by atoms with Gasteiger partial charge in [-0.2, -0.15) is 0 Å². The summed E-state index contributed by atoms with van der Waals surface area (Å²) < 4.78 is 0. The molecule has 1 unspecified atom stereocenters. The number of nitrogens with zero attached hydrogens (tertiary/aromatic N) is 2. The van der Waals surface area contributed by atoms with E-state index in [0.29, 0.717) is 11.5 Å². The summed E-state index contributed by atoms with van der Waals surface area (Å²) in [5.41, 5.74) is 1.95. The number of carbonyl (C=O) groups excluding carboxylic acids is 1. The summed E-state index contributed by atoms with van der Waals surface area (Å²) in [7, 11) is 1.75. The lowest BCUT2D eigenvalue weighted by Gasteiger charge is -2.26. The van der Waals surface area contributed by atoms with Crippen LogP contribution in [0.15, 0.2) is 0 Å². The van der Waals surface area contributed by atoms with Gasteiger partial charge in [0.25, 0.3) is 5.91 Å². The number of hydrogen-bond donors (Lipinski definition) is 3. The molecule has 1 aliphatic heterocycles. The Labute approximate surface area is 87.5 Å². The van der Waals surface area contributed by atoms with E-state index < -0.39 is 0 Å². The maximum absolute atomic E-state index is 11.6. The predicted octanol–water partition coefficient (Wildman–Crippen LogP) is -0.248. The van der Waals surface area contributed by atoms with Crippen molar-refractivity contribution in [3.05, 3.63) is 17.1 Å². The molecular formula is C9H13N5O. The first-order valence-electron chi connectivity index (χ1n) is 4.71. The SMILES string of the molecule is CNC1NC(=O)c2nc(C)c(C)nc2N1. The van der Waals surface area contributed by atoms with Gasteiger partial charge in [0.15, 0.2) is 17.8 Å². The van der Waals surface area contributed by atoms with Crippen molar-refractivity contribution in [3.8, 4) is 0 Å². The number of anilines is 1. The fraction of sp³-hybridized carbons (Fsp3) is 0.444. The normalized spacial score (nSPS) is 19.1. The van der Waals surface area contributed by atoms with Gasteiger partial charge in [0, 0.05) is 0 Å². The van der Waals surface area contributed by atoms with Crippen LogP contribution in [-0.2, 0) is 0 Å². The molecule has 0 saturated carbocycles. The number of carbonyl (C=O) groups is 1. The van der Waals surface area contributed by atoms with Gasteiger partial charge < -0.3 is 10.6 Å². The zero-order valence-electron chi connectivity index (χ0n) is 8.88. The Morgan fingerprint density at radius 2 is 1.87 bits per heavy atom. The Morgan fingerprint density at radius 1 is 1.20 bits per heavy atom. The van der Waals surface area contributed by atoms with Gasteiger partial charge in [0.05, 0.1) is 11.4 Å². The highest BCUT2D eigenvalue weighted by Gasteiger charge is 2.25. The van der Waals surface area contributed by atoms with Crippen LogP contribution in [0.5, 0.6) is 0 Å². The molecule has 1 atom stereocenters. The Balaban J connectivity index is 2.46. The van der Waals surface area contributed by atoms with E-state index in [1.165, 1.54) is 0 Å². The van der Waals surface area contributed by atoms with Crippen LogP contribution < -0.4 is 16.0 Å². The van der Waals surface area contributed by atoms with Crippen LogP contribution in [0.1, 0.15) is 21.9 Å². The molecule has 6 nitrogen and oxygen atoms in total. The molecular weight excluding hydrogens is 194 g/mol. The van der Waals surface area contributed by atoms with Crippen LogP contribution in [0.3, 0.4) is 0 Å². The predicted molar refractivity (Wildman–Crippen MR) is 55.4 cm³/mol. The van der Waals surface area contributed by atoms with Crippen LogP contribution in [-0.4, -0.2) is 29.2 Å². The Hall–Kier alpha value is -1.69. The van der Waals surface area contributed by atoms with Crippen molar-refractivity contribution in [2.75, 3.05) is 12.4 Å². The van der Waals surface area contributed by atoms with Crippen LogP contribution in [0.25, 0.3) is 0 Å². The maximum atomic E-state index is 11.6. The van der Waals surface area contributed by atoms with Gasteiger partial charge in [0.1, 0.15) is 0 Å². The van der Waals surface area contributed by atoms with E-state index in [4.69, 9.17) is 0 Å². The van der Waals surface area contributed by atoms with Gasteiger partial charge in [-0.1, -0.05) is 0 Å². The molecule has 0 radical (unpaired) electrons. The summed E-state index contributed by atoms with van der Waals surface area (Å²) in [6.45, 7) is 3.70. The van der Waals surface area contributed by atoms with E-state index in [-0.39, 0.29) is 12.2 Å². The van der Waals surface area contributed by atoms with Gasteiger partial charge in [-0.3, -0.25) is 10.1 Å². The van der Waals surface area contributed by atoms with E-state index in [2.05, 4.69) is 25.9 Å². The minimum atomic E-state index is -0.290. The van der Waals surface area contributed by atoms with Crippen molar-refractivity contribution < 1.29 is 4.79 Å².